The van der Waals surface area contributed by atoms with E-state index in [9.17, 15) is 0 Å². The predicted molar refractivity (Wildman–Crippen MR) is 207 cm³/mol. The van der Waals surface area contributed by atoms with Gasteiger partial charge in [-0.3, -0.25) is 17.9 Å². The van der Waals surface area contributed by atoms with Crippen molar-refractivity contribution in [2.24, 2.45) is 0 Å². The molecule has 0 N–H and O–H groups in total. The summed E-state index contributed by atoms with van der Waals surface area (Å²) >= 11 is 0. The Morgan fingerprint density at radius 1 is 0.346 bits per heavy atom. The minimum absolute atomic E-state index is 0.848. The Morgan fingerprint density at radius 2 is 0.750 bits per heavy atom. The number of para-hydroxylation sites is 6. The first kappa shape index (κ1) is 26.5. The summed E-state index contributed by atoms with van der Waals surface area (Å²) in [4.78, 5) is 10.7. The Hall–Kier alpha value is -7.32. The molecule has 6 aromatic heterocycles. The van der Waals surface area contributed by atoms with Crippen LogP contribution in [0.4, 0.5) is 0 Å². The van der Waals surface area contributed by atoms with E-state index >= 15 is 0 Å². The van der Waals surface area contributed by atoms with Crippen LogP contribution in [-0.4, -0.2) is 27.9 Å². The van der Waals surface area contributed by atoms with Crippen LogP contribution in [0, 0.1) is 0 Å². The van der Waals surface area contributed by atoms with E-state index in [1.54, 1.807) is 0 Å². The van der Waals surface area contributed by atoms with Crippen LogP contribution in [-0.2, 0) is 0 Å². The van der Waals surface area contributed by atoms with Crippen LogP contribution in [0.1, 0.15) is 0 Å². The van der Waals surface area contributed by atoms with Crippen molar-refractivity contribution in [2.75, 3.05) is 0 Å². The second kappa shape index (κ2) is 9.26. The summed E-state index contributed by atoms with van der Waals surface area (Å²) in [6, 6.07) is 50.5. The molecule has 8 heteroatoms. The van der Waals surface area contributed by atoms with Crippen molar-refractivity contribution >= 4 is 99.6 Å². The van der Waals surface area contributed by atoms with Crippen molar-refractivity contribution in [1.82, 2.24) is 27.9 Å². The summed E-state index contributed by atoms with van der Waals surface area (Å²) in [5, 5.41) is 4.36. The molecule has 52 heavy (non-hydrogen) atoms. The highest BCUT2D eigenvalue weighted by atomic mass is 16.3. The lowest BCUT2D eigenvalue weighted by Gasteiger charge is -2.05. The molecular formula is C44H24N6O2. The van der Waals surface area contributed by atoms with E-state index < -0.39 is 0 Å². The fourth-order valence-corrected chi connectivity index (χ4v) is 8.51. The van der Waals surface area contributed by atoms with Gasteiger partial charge in [-0.1, -0.05) is 60.7 Å². The molecular weight excluding hydrogens is 645 g/mol. The topological polar surface area (TPSA) is 70.7 Å². The molecule has 0 bridgehead atoms. The molecule has 0 spiro atoms. The zero-order chi connectivity index (χ0) is 33.7. The normalized spacial score (nSPS) is 12.6. The zero-order valence-electron chi connectivity index (χ0n) is 27.4. The lowest BCUT2D eigenvalue weighted by molar-refractivity contribution is 0.668. The van der Waals surface area contributed by atoms with E-state index in [-0.39, 0.29) is 0 Å². The van der Waals surface area contributed by atoms with Crippen molar-refractivity contribution in [3.05, 3.63) is 146 Å². The Kier molecular flexibility index (Phi) is 4.73. The molecule has 8 nitrogen and oxygen atoms in total. The zero-order valence-corrected chi connectivity index (χ0v) is 27.4. The highest BCUT2D eigenvalue weighted by Crippen LogP contribution is 2.37. The molecule has 0 atom stereocenters. The Labute approximate surface area is 292 Å². The first-order valence-electron chi connectivity index (χ1n) is 17.3. The van der Waals surface area contributed by atoms with Crippen LogP contribution >= 0.6 is 0 Å². The number of fused-ring (bicyclic) bond motifs is 16. The van der Waals surface area contributed by atoms with Gasteiger partial charge in [0, 0.05) is 21.5 Å². The summed E-state index contributed by atoms with van der Waals surface area (Å²) in [6.45, 7) is 0. The quantitative estimate of drug-likeness (QED) is 0.184. The molecule has 0 aliphatic heterocycles. The molecule has 13 aromatic rings. The van der Waals surface area contributed by atoms with Crippen molar-refractivity contribution in [3.63, 3.8) is 0 Å². The standard InChI is InChI=1S/C44H24N6O2/c1-7-15-39-27(9-1)29-21-25(17-19-41(29)51-39)47-33-11-3-5-13-35(33)49-37-24-32-38(23-31(37)45-43(47)49)50-36-14-6-4-12-34(36)48(44(50)46-32)26-18-20-42-30(22-26)28-10-2-8-16-40(28)52-42/h1-24H. The maximum atomic E-state index is 6.17. The van der Waals surface area contributed by atoms with E-state index in [4.69, 9.17) is 18.8 Å². The summed E-state index contributed by atoms with van der Waals surface area (Å²) in [7, 11) is 0. The number of nitrogens with zero attached hydrogens (tertiary/aromatic N) is 6. The number of rotatable bonds is 2. The van der Waals surface area contributed by atoms with Crippen molar-refractivity contribution in [1.29, 1.82) is 0 Å². The molecule has 7 aromatic carbocycles. The Bertz CT molecular complexity index is 3420. The number of hydrogen-bond acceptors (Lipinski definition) is 4. The van der Waals surface area contributed by atoms with Gasteiger partial charge in [-0.2, -0.15) is 0 Å². The minimum Gasteiger partial charge on any atom is -0.456 e. The van der Waals surface area contributed by atoms with Crippen molar-refractivity contribution in [2.45, 2.75) is 0 Å². The van der Waals surface area contributed by atoms with Gasteiger partial charge in [-0.25, -0.2) is 9.97 Å². The average Bonchev–Trinajstić information content (AvgIpc) is 4.02. The summed E-state index contributed by atoms with van der Waals surface area (Å²) in [6.07, 6.45) is 0. The van der Waals surface area contributed by atoms with Gasteiger partial charge >= 0.3 is 0 Å². The number of imidazole rings is 4. The first-order valence-corrected chi connectivity index (χ1v) is 17.3. The summed E-state index contributed by atoms with van der Waals surface area (Å²) in [5.41, 5.74) is 13.7. The number of furan rings is 2. The van der Waals surface area contributed by atoms with Crippen LogP contribution in [0.3, 0.4) is 0 Å². The van der Waals surface area contributed by atoms with Crippen molar-refractivity contribution in [3.8, 4) is 11.4 Å². The third-order valence-corrected chi connectivity index (χ3v) is 10.8. The monoisotopic (exact) mass is 668 g/mol. The summed E-state index contributed by atoms with van der Waals surface area (Å²) < 4.78 is 21.3. The SMILES string of the molecule is c1ccc2c(c1)oc1ccc(-n3c4ccccc4n4c5cc6nc7n(-c8ccc9oc%10ccccc%10c9c8)c8ccccc8n7c6cc5nc34)cc12. The third-order valence-electron chi connectivity index (χ3n) is 10.8. The predicted octanol–water partition coefficient (Wildman–Crippen LogP) is 11.0. The average molecular weight is 669 g/mol. The van der Waals surface area contributed by atoms with Crippen molar-refractivity contribution < 1.29 is 8.83 Å². The summed E-state index contributed by atoms with van der Waals surface area (Å²) in [5.74, 6) is 1.70. The van der Waals surface area contributed by atoms with Gasteiger partial charge in [0.15, 0.2) is 0 Å². The molecule has 0 aliphatic carbocycles. The second-order valence-electron chi connectivity index (χ2n) is 13.5. The van der Waals surface area contributed by atoms with Gasteiger partial charge < -0.3 is 8.83 Å². The smallest absolute Gasteiger partial charge is 0.220 e. The van der Waals surface area contributed by atoms with Crippen LogP contribution in [0.25, 0.3) is 111 Å². The molecule has 0 aliphatic rings. The fourth-order valence-electron chi connectivity index (χ4n) is 8.51. The highest BCUT2D eigenvalue weighted by Gasteiger charge is 2.22. The highest BCUT2D eigenvalue weighted by molar-refractivity contribution is 6.07. The molecule has 0 saturated carbocycles. The Balaban J connectivity index is 1.08. The van der Waals surface area contributed by atoms with Gasteiger partial charge in [0.2, 0.25) is 11.6 Å². The van der Waals surface area contributed by atoms with Gasteiger partial charge in [0.05, 0.1) is 55.5 Å². The van der Waals surface area contributed by atoms with E-state index in [0.29, 0.717) is 0 Å². The largest absolute Gasteiger partial charge is 0.456 e. The Morgan fingerprint density at radius 3 is 1.23 bits per heavy atom. The first-order chi connectivity index (χ1) is 25.8. The lowest BCUT2D eigenvalue weighted by Crippen LogP contribution is -1.94. The fraction of sp³-hybridized carbons (Fsp3) is 0. The van der Waals surface area contributed by atoms with Crippen LogP contribution in [0.15, 0.2) is 154 Å². The maximum absolute atomic E-state index is 6.17. The lowest BCUT2D eigenvalue weighted by atomic mass is 10.1. The molecule has 0 amide bonds. The van der Waals surface area contributed by atoms with E-state index in [0.717, 1.165) is 111 Å². The molecule has 0 fully saturated rings. The third kappa shape index (κ3) is 3.27. The van der Waals surface area contributed by atoms with Gasteiger partial charge in [-0.15, -0.1) is 0 Å². The second-order valence-corrected chi connectivity index (χ2v) is 13.5. The molecule has 0 radical (unpaired) electrons. The molecule has 242 valence electrons. The van der Waals surface area contributed by atoms with Gasteiger partial charge in [0.1, 0.15) is 22.3 Å². The number of benzene rings is 7. The molecule has 0 unspecified atom stereocenters. The molecule has 0 saturated heterocycles. The van der Waals surface area contributed by atoms with Crippen LogP contribution in [0.5, 0.6) is 0 Å². The van der Waals surface area contributed by atoms with E-state index in [1.807, 2.05) is 24.3 Å². The number of hydrogen-bond donors (Lipinski definition) is 0. The van der Waals surface area contributed by atoms with Crippen LogP contribution < -0.4 is 0 Å². The van der Waals surface area contributed by atoms with E-state index in [1.165, 1.54) is 0 Å². The minimum atomic E-state index is 0.848. The maximum Gasteiger partial charge on any atom is 0.220 e. The van der Waals surface area contributed by atoms with Gasteiger partial charge in [-0.05, 0) is 84.9 Å². The molecule has 6 heterocycles. The molecule has 13 rings (SSSR count). The number of aromatic nitrogens is 6. The van der Waals surface area contributed by atoms with E-state index in [2.05, 4.69) is 139 Å². The van der Waals surface area contributed by atoms with Crippen LogP contribution in [0.2, 0.25) is 0 Å². The van der Waals surface area contributed by atoms with Gasteiger partial charge in [0.25, 0.3) is 0 Å².